The Hall–Kier alpha value is -1.55. The SMILES string of the molecule is C=CC(C)Nc1c(N)cnc2ccc(Br)cc12. The topological polar surface area (TPSA) is 50.9 Å². The summed E-state index contributed by atoms with van der Waals surface area (Å²) in [5.74, 6) is 0. The summed E-state index contributed by atoms with van der Waals surface area (Å²) >= 11 is 3.46. The minimum Gasteiger partial charge on any atom is -0.396 e. The fourth-order valence-corrected chi connectivity index (χ4v) is 1.99. The molecule has 17 heavy (non-hydrogen) atoms. The molecule has 2 aromatic rings. The lowest BCUT2D eigenvalue weighted by atomic mass is 10.1. The number of hydrogen-bond donors (Lipinski definition) is 2. The van der Waals surface area contributed by atoms with Crippen LogP contribution in [0.3, 0.4) is 0 Å². The van der Waals surface area contributed by atoms with Crippen LogP contribution in [-0.4, -0.2) is 11.0 Å². The van der Waals surface area contributed by atoms with Crippen molar-refractivity contribution in [3.8, 4) is 0 Å². The molecule has 1 atom stereocenters. The third kappa shape index (κ3) is 2.42. The van der Waals surface area contributed by atoms with Crippen LogP contribution in [0.4, 0.5) is 11.4 Å². The fraction of sp³-hybridized carbons (Fsp3) is 0.154. The second-order valence-corrected chi connectivity index (χ2v) is 4.83. The van der Waals surface area contributed by atoms with Gasteiger partial charge in [-0.2, -0.15) is 0 Å². The third-order valence-corrected chi connectivity index (χ3v) is 3.08. The Bertz CT molecular complexity index is 561. The number of fused-ring (bicyclic) bond motifs is 1. The predicted molar refractivity (Wildman–Crippen MR) is 77.1 cm³/mol. The molecule has 4 heteroatoms. The quantitative estimate of drug-likeness (QED) is 0.850. The van der Waals surface area contributed by atoms with Crippen molar-refractivity contribution in [2.75, 3.05) is 11.1 Å². The normalized spacial score (nSPS) is 12.4. The van der Waals surface area contributed by atoms with Gasteiger partial charge >= 0.3 is 0 Å². The maximum absolute atomic E-state index is 5.97. The van der Waals surface area contributed by atoms with E-state index in [1.807, 2.05) is 31.2 Å². The number of anilines is 2. The molecule has 0 saturated heterocycles. The van der Waals surface area contributed by atoms with E-state index in [2.05, 4.69) is 32.8 Å². The summed E-state index contributed by atoms with van der Waals surface area (Å²) < 4.78 is 1.01. The molecular weight excluding hydrogens is 278 g/mol. The lowest BCUT2D eigenvalue weighted by Crippen LogP contribution is -2.13. The second kappa shape index (κ2) is 4.75. The van der Waals surface area contributed by atoms with Crippen LogP contribution < -0.4 is 11.1 Å². The number of nitrogens with one attached hydrogen (secondary N) is 1. The largest absolute Gasteiger partial charge is 0.396 e. The fourth-order valence-electron chi connectivity index (χ4n) is 1.63. The lowest BCUT2D eigenvalue weighted by molar-refractivity contribution is 1.00. The standard InChI is InChI=1S/C13H14BrN3/c1-3-8(2)17-13-10-6-9(14)4-5-12(10)16-7-11(13)15/h3-8H,1,15H2,2H3,(H,16,17). The summed E-state index contributed by atoms with van der Waals surface area (Å²) in [6.45, 7) is 5.78. The van der Waals surface area contributed by atoms with Gasteiger partial charge in [0.05, 0.1) is 23.1 Å². The van der Waals surface area contributed by atoms with E-state index in [0.29, 0.717) is 5.69 Å². The van der Waals surface area contributed by atoms with E-state index < -0.39 is 0 Å². The number of nitrogen functional groups attached to an aromatic ring is 1. The summed E-state index contributed by atoms with van der Waals surface area (Å²) in [6, 6.07) is 6.09. The van der Waals surface area contributed by atoms with Gasteiger partial charge in [-0.05, 0) is 25.1 Å². The van der Waals surface area contributed by atoms with Gasteiger partial charge in [-0.25, -0.2) is 0 Å². The first kappa shape index (κ1) is 11.9. The molecule has 1 unspecified atom stereocenters. The number of nitrogens with zero attached hydrogens (tertiary/aromatic N) is 1. The first-order chi connectivity index (χ1) is 8.11. The Balaban J connectivity index is 2.61. The van der Waals surface area contributed by atoms with Crippen LogP contribution in [0.25, 0.3) is 10.9 Å². The number of nitrogens with two attached hydrogens (primary N) is 1. The molecule has 2 rings (SSSR count). The Labute approximate surface area is 109 Å². The van der Waals surface area contributed by atoms with Crippen molar-refractivity contribution in [2.45, 2.75) is 13.0 Å². The molecule has 0 bridgehead atoms. The molecule has 0 aliphatic carbocycles. The van der Waals surface area contributed by atoms with E-state index in [1.165, 1.54) is 0 Å². The molecule has 1 aromatic heterocycles. The summed E-state index contributed by atoms with van der Waals surface area (Å²) in [6.07, 6.45) is 3.51. The van der Waals surface area contributed by atoms with Crippen LogP contribution in [0.2, 0.25) is 0 Å². The Morgan fingerprint density at radius 1 is 1.53 bits per heavy atom. The molecule has 0 aliphatic rings. The molecule has 1 aromatic carbocycles. The smallest absolute Gasteiger partial charge is 0.0743 e. The molecule has 0 spiro atoms. The van der Waals surface area contributed by atoms with Crippen LogP contribution in [-0.2, 0) is 0 Å². The first-order valence-electron chi connectivity index (χ1n) is 5.34. The zero-order valence-corrected chi connectivity index (χ0v) is 11.2. The van der Waals surface area contributed by atoms with Gasteiger partial charge in [0.15, 0.2) is 0 Å². The van der Waals surface area contributed by atoms with Gasteiger partial charge in [-0.3, -0.25) is 4.98 Å². The van der Waals surface area contributed by atoms with Crippen LogP contribution in [0.15, 0.2) is 41.5 Å². The van der Waals surface area contributed by atoms with E-state index in [-0.39, 0.29) is 6.04 Å². The second-order valence-electron chi connectivity index (χ2n) is 3.92. The highest BCUT2D eigenvalue weighted by atomic mass is 79.9. The van der Waals surface area contributed by atoms with E-state index in [9.17, 15) is 0 Å². The summed E-state index contributed by atoms with van der Waals surface area (Å²) in [4.78, 5) is 4.30. The highest BCUT2D eigenvalue weighted by molar-refractivity contribution is 9.10. The average molecular weight is 292 g/mol. The van der Waals surface area contributed by atoms with Crippen LogP contribution in [0.1, 0.15) is 6.92 Å². The molecule has 88 valence electrons. The minimum absolute atomic E-state index is 0.155. The van der Waals surface area contributed by atoms with Gasteiger partial charge in [0.1, 0.15) is 0 Å². The van der Waals surface area contributed by atoms with Crippen molar-refractivity contribution < 1.29 is 0 Å². The van der Waals surface area contributed by atoms with Crippen molar-refractivity contribution in [3.63, 3.8) is 0 Å². The predicted octanol–water partition coefficient (Wildman–Crippen LogP) is 3.57. The van der Waals surface area contributed by atoms with Gasteiger partial charge in [-0.15, -0.1) is 6.58 Å². The van der Waals surface area contributed by atoms with E-state index in [4.69, 9.17) is 5.73 Å². The van der Waals surface area contributed by atoms with Crippen molar-refractivity contribution in [2.24, 2.45) is 0 Å². The number of aromatic nitrogens is 1. The van der Waals surface area contributed by atoms with Crippen LogP contribution in [0.5, 0.6) is 0 Å². The zero-order chi connectivity index (χ0) is 12.4. The minimum atomic E-state index is 0.155. The van der Waals surface area contributed by atoms with E-state index in [1.54, 1.807) is 6.20 Å². The van der Waals surface area contributed by atoms with Crippen LogP contribution >= 0.6 is 15.9 Å². The van der Waals surface area contributed by atoms with Gasteiger partial charge in [0.25, 0.3) is 0 Å². The third-order valence-electron chi connectivity index (χ3n) is 2.58. The van der Waals surface area contributed by atoms with E-state index >= 15 is 0 Å². The highest BCUT2D eigenvalue weighted by Gasteiger charge is 2.08. The first-order valence-corrected chi connectivity index (χ1v) is 6.14. The maximum Gasteiger partial charge on any atom is 0.0743 e. The number of rotatable bonds is 3. The molecule has 0 saturated carbocycles. The molecule has 0 aliphatic heterocycles. The maximum atomic E-state index is 5.97. The molecule has 3 nitrogen and oxygen atoms in total. The van der Waals surface area contributed by atoms with Crippen molar-refractivity contribution in [1.82, 2.24) is 4.98 Å². The summed E-state index contributed by atoms with van der Waals surface area (Å²) in [5.41, 5.74) is 8.43. The van der Waals surface area contributed by atoms with Crippen molar-refractivity contribution in [3.05, 3.63) is 41.5 Å². The van der Waals surface area contributed by atoms with Gasteiger partial charge in [0, 0.05) is 15.9 Å². The van der Waals surface area contributed by atoms with Gasteiger partial charge in [-0.1, -0.05) is 22.0 Å². The molecule has 0 radical (unpaired) electrons. The number of halogens is 1. The zero-order valence-electron chi connectivity index (χ0n) is 9.57. The van der Waals surface area contributed by atoms with Crippen LogP contribution in [0, 0.1) is 0 Å². The van der Waals surface area contributed by atoms with E-state index in [0.717, 1.165) is 21.1 Å². The van der Waals surface area contributed by atoms with Crippen molar-refractivity contribution in [1.29, 1.82) is 0 Å². The van der Waals surface area contributed by atoms with Crippen molar-refractivity contribution >= 4 is 38.2 Å². The number of benzene rings is 1. The Morgan fingerprint density at radius 2 is 2.29 bits per heavy atom. The lowest BCUT2D eigenvalue weighted by Gasteiger charge is -2.15. The Kier molecular flexibility index (Phi) is 3.33. The number of hydrogen-bond acceptors (Lipinski definition) is 3. The van der Waals surface area contributed by atoms with Gasteiger partial charge < -0.3 is 11.1 Å². The monoisotopic (exact) mass is 291 g/mol. The molecular formula is C13H14BrN3. The summed E-state index contributed by atoms with van der Waals surface area (Å²) in [5, 5.41) is 4.33. The molecule has 1 heterocycles. The molecule has 0 fully saturated rings. The summed E-state index contributed by atoms with van der Waals surface area (Å²) in [7, 11) is 0. The molecule has 0 amide bonds. The number of pyridine rings is 1. The molecule has 3 N–H and O–H groups in total. The van der Waals surface area contributed by atoms with Gasteiger partial charge in [0.2, 0.25) is 0 Å². The highest BCUT2D eigenvalue weighted by Crippen LogP contribution is 2.30. The average Bonchev–Trinajstić information content (AvgIpc) is 2.32. The Morgan fingerprint density at radius 3 is 3.00 bits per heavy atom.